The molecule has 0 bridgehead atoms. The van der Waals surface area contributed by atoms with Crippen molar-refractivity contribution in [3.63, 3.8) is 0 Å². The number of hydrogen-bond donors (Lipinski definition) is 1. The molecule has 1 fully saturated rings. The zero-order valence-corrected chi connectivity index (χ0v) is 19.6. The molecular formula is C21H22ClN5O5S. The average molecular weight is 492 g/mol. The molecule has 1 aliphatic rings. The lowest BCUT2D eigenvalue weighted by molar-refractivity contribution is 0.0729. The molecule has 0 spiro atoms. The van der Waals surface area contributed by atoms with Crippen LogP contribution in [0, 0.1) is 6.92 Å². The largest absolute Gasteiger partial charge is 0.495 e. The van der Waals surface area contributed by atoms with Gasteiger partial charge < -0.3 is 14.8 Å². The van der Waals surface area contributed by atoms with E-state index in [9.17, 15) is 13.2 Å². The van der Waals surface area contributed by atoms with Gasteiger partial charge in [-0.3, -0.25) is 4.79 Å². The zero-order valence-electron chi connectivity index (χ0n) is 18.0. The Labute approximate surface area is 196 Å². The highest BCUT2D eigenvalue weighted by atomic mass is 35.5. The van der Waals surface area contributed by atoms with Gasteiger partial charge in [-0.2, -0.15) is 4.31 Å². The summed E-state index contributed by atoms with van der Waals surface area (Å²) in [7, 11) is -2.46. The van der Waals surface area contributed by atoms with Crippen LogP contribution in [-0.2, 0) is 14.8 Å². The minimum atomic E-state index is -3.84. The topological polar surface area (TPSA) is 116 Å². The molecule has 4 rings (SSSR count). The molecule has 174 valence electrons. The molecule has 0 aliphatic carbocycles. The summed E-state index contributed by atoms with van der Waals surface area (Å²) in [5, 5.41) is 7.38. The lowest BCUT2D eigenvalue weighted by Crippen LogP contribution is -2.40. The number of aryl methyl sites for hydroxylation is 1. The molecule has 2 aromatic carbocycles. The summed E-state index contributed by atoms with van der Waals surface area (Å²) in [5.74, 6) is -0.0281. The minimum absolute atomic E-state index is 0.0459. The van der Waals surface area contributed by atoms with Crippen molar-refractivity contribution in [1.29, 1.82) is 0 Å². The van der Waals surface area contributed by atoms with Crippen molar-refractivity contribution in [2.45, 2.75) is 11.8 Å². The number of hydrogen-bond acceptors (Lipinski definition) is 7. The van der Waals surface area contributed by atoms with E-state index in [-0.39, 0.29) is 35.2 Å². The summed E-state index contributed by atoms with van der Waals surface area (Å²) >= 11 is 6.23. The second-order valence-electron chi connectivity index (χ2n) is 7.18. The van der Waals surface area contributed by atoms with Crippen molar-refractivity contribution in [3.8, 4) is 11.4 Å². The maximum absolute atomic E-state index is 13.1. The Morgan fingerprint density at radius 2 is 1.91 bits per heavy atom. The van der Waals surface area contributed by atoms with Gasteiger partial charge in [-0.25, -0.2) is 18.1 Å². The summed E-state index contributed by atoms with van der Waals surface area (Å²) in [6, 6.07) is 11.5. The molecule has 0 radical (unpaired) electrons. The van der Waals surface area contributed by atoms with Gasteiger partial charge in [0.2, 0.25) is 15.8 Å². The first kappa shape index (κ1) is 23.2. The van der Waals surface area contributed by atoms with E-state index in [4.69, 9.17) is 21.1 Å². The van der Waals surface area contributed by atoms with Crippen molar-refractivity contribution in [2.75, 3.05) is 38.7 Å². The van der Waals surface area contributed by atoms with Crippen LogP contribution in [0.15, 0.2) is 47.4 Å². The van der Waals surface area contributed by atoms with Gasteiger partial charge in [-0.15, -0.1) is 5.10 Å². The number of rotatable bonds is 6. The van der Waals surface area contributed by atoms with Crippen LogP contribution >= 0.6 is 11.6 Å². The molecule has 2 heterocycles. The molecular weight excluding hydrogens is 470 g/mol. The first-order chi connectivity index (χ1) is 15.8. The molecule has 12 heteroatoms. The van der Waals surface area contributed by atoms with Crippen molar-refractivity contribution in [3.05, 3.63) is 59.1 Å². The van der Waals surface area contributed by atoms with Gasteiger partial charge in [0, 0.05) is 18.8 Å². The second kappa shape index (κ2) is 9.48. The first-order valence-corrected chi connectivity index (χ1v) is 11.9. The van der Waals surface area contributed by atoms with Gasteiger partial charge >= 0.3 is 0 Å². The van der Waals surface area contributed by atoms with Crippen LogP contribution in [0.3, 0.4) is 0 Å². The van der Waals surface area contributed by atoms with Gasteiger partial charge in [0.05, 0.1) is 31.0 Å². The molecule has 0 unspecified atom stereocenters. The predicted octanol–water partition coefficient (Wildman–Crippen LogP) is 2.51. The number of amides is 1. The van der Waals surface area contributed by atoms with E-state index in [1.807, 2.05) is 0 Å². The third-order valence-electron chi connectivity index (χ3n) is 5.06. The summed E-state index contributed by atoms with van der Waals surface area (Å²) in [4.78, 5) is 17.0. The van der Waals surface area contributed by atoms with E-state index in [1.54, 1.807) is 37.3 Å². The van der Waals surface area contributed by atoms with E-state index in [2.05, 4.69) is 15.4 Å². The van der Waals surface area contributed by atoms with E-state index in [0.717, 1.165) is 0 Å². The minimum Gasteiger partial charge on any atom is -0.495 e. The number of nitrogens with one attached hydrogen (secondary N) is 1. The van der Waals surface area contributed by atoms with Gasteiger partial charge in [-0.05, 0) is 37.3 Å². The molecule has 1 N–H and O–H groups in total. The quantitative estimate of drug-likeness (QED) is 0.563. The number of benzene rings is 2. The molecule has 0 atom stereocenters. The smallest absolute Gasteiger partial charge is 0.295 e. The zero-order chi connectivity index (χ0) is 23.6. The van der Waals surface area contributed by atoms with Crippen LogP contribution in [0.1, 0.15) is 16.4 Å². The maximum atomic E-state index is 13.1. The third kappa shape index (κ3) is 4.71. The van der Waals surface area contributed by atoms with E-state index in [1.165, 1.54) is 28.2 Å². The number of sulfonamides is 1. The highest BCUT2D eigenvalue weighted by Crippen LogP contribution is 2.30. The molecule has 33 heavy (non-hydrogen) atoms. The van der Waals surface area contributed by atoms with Crippen molar-refractivity contribution in [2.24, 2.45) is 0 Å². The maximum Gasteiger partial charge on any atom is 0.295 e. The number of methoxy groups -OCH3 is 1. The Morgan fingerprint density at radius 3 is 2.61 bits per heavy atom. The summed E-state index contributed by atoms with van der Waals surface area (Å²) < 4.78 is 39.6. The van der Waals surface area contributed by atoms with Gasteiger partial charge in [-0.1, -0.05) is 23.7 Å². The van der Waals surface area contributed by atoms with Crippen LogP contribution in [-0.4, -0.2) is 66.8 Å². The van der Waals surface area contributed by atoms with Gasteiger partial charge in [0.1, 0.15) is 16.5 Å². The van der Waals surface area contributed by atoms with Crippen LogP contribution < -0.4 is 10.1 Å². The number of morpholine rings is 1. The van der Waals surface area contributed by atoms with Crippen molar-refractivity contribution in [1.82, 2.24) is 19.1 Å². The normalized spacial score (nSPS) is 14.8. The molecule has 1 aromatic heterocycles. The average Bonchev–Trinajstić information content (AvgIpc) is 3.21. The predicted molar refractivity (Wildman–Crippen MR) is 122 cm³/mol. The number of anilines is 1. The number of halogens is 1. The fourth-order valence-electron chi connectivity index (χ4n) is 3.41. The van der Waals surface area contributed by atoms with E-state index in [0.29, 0.717) is 29.7 Å². The van der Waals surface area contributed by atoms with E-state index < -0.39 is 15.9 Å². The fraction of sp³-hybridized carbons (Fsp3) is 0.286. The lowest BCUT2D eigenvalue weighted by Gasteiger charge is -2.26. The Balaban J connectivity index is 1.61. The molecule has 1 aliphatic heterocycles. The number of aromatic nitrogens is 3. The Hall–Kier alpha value is -2.99. The third-order valence-corrected chi connectivity index (χ3v) is 7.30. The monoisotopic (exact) mass is 491 g/mol. The van der Waals surface area contributed by atoms with Crippen LogP contribution in [0.25, 0.3) is 5.69 Å². The summed E-state index contributed by atoms with van der Waals surface area (Å²) in [6.07, 6.45) is 0. The summed E-state index contributed by atoms with van der Waals surface area (Å²) in [6.45, 7) is 2.82. The SMILES string of the molecule is COc1ccc(NC(=O)c2nc(C)n(-c3ccccc3Cl)n2)cc1S(=O)(=O)N1CCOCC1. The van der Waals surface area contributed by atoms with Crippen molar-refractivity contribution < 1.29 is 22.7 Å². The van der Waals surface area contributed by atoms with Gasteiger partial charge in [0.25, 0.3) is 5.91 Å². The highest BCUT2D eigenvalue weighted by molar-refractivity contribution is 7.89. The molecule has 10 nitrogen and oxygen atoms in total. The number of carbonyl (C=O) groups excluding carboxylic acids is 1. The fourth-order valence-corrected chi connectivity index (χ4v) is 5.21. The number of carbonyl (C=O) groups is 1. The number of ether oxygens (including phenoxy) is 2. The van der Waals surface area contributed by atoms with Gasteiger partial charge in [0.15, 0.2) is 0 Å². The number of nitrogens with zero attached hydrogens (tertiary/aromatic N) is 4. The van der Waals surface area contributed by atoms with Crippen LogP contribution in [0.5, 0.6) is 5.75 Å². The molecule has 3 aromatic rings. The Morgan fingerprint density at radius 1 is 1.18 bits per heavy atom. The lowest BCUT2D eigenvalue weighted by atomic mass is 10.3. The Kier molecular flexibility index (Phi) is 6.66. The first-order valence-electron chi connectivity index (χ1n) is 10.1. The van der Waals surface area contributed by atoms with Crippen molar-refractivity contribution >= 4 is 33.2 Å². The van der Waals surface area contributed by atoms with Crippen LogP contribution in [0.4, 0.5) is 5.69 Å². The number of para-hydroxylation sites is 1. The summed E-state index contributed by atoms with van der Waals surface area (Å²) in [5.41, 5.74) is 0.853. The molecule has 1 saturated heterocycles. The Bertz CT molecular complexity index is 1290. The van der Waals surface area contributed by atoms with E-state index >= 15 is 0 Å². The molecule has 1 amide bonds. The van der Waals surface area contributed by atoms with Crippen LogP contribution in [0.2, 0.25) is 5.02 Å². The highest BCUT2D eigenvalue weighted by Gasteiger charge is 2.30. The standard InChI is InChI=1S/C21H22ClN5O5S/c1-14-23-20(25-27(14)17-6-4-3-5-16(17)22)21(28)24-15-7-8-18(31-2)19(13-15)33(29,30)26-9-11-32-12-10-26/h3-8,13H,9-12H2,1-2H3,(H,24,28). The second-order valence-corrected chi connectivity index (χ2v) is 9.50. The molecule has 0 saturated carbocycles.